The van der Waals surface area contributed by atoms with Crippen molar-refractivity contribution in [1.82, 2.24) is 0 Å². The molecule has 0 radical (unpaired) electrons. The van der Waals surface area contributed by atoms with E-state index in [1.807, 2.05) is 37.3 Å². The number of rotatable bonds is 6. The molecule has 2 rings (SSSR count). The summed E-state index contributed by atoms with van der Waals surface area (Å²) >= 11 is 7.24. The standard InChI is InChI=1S/C17H15ClFNOS/c1-2-22-17(20-13-6-4-3-5-7-13)11-16(21)12-8-9-15(19)14(18)10-12/h3-11,20H,2H2,1H3/b17-11-. The number of anilines is 1. The first-order valence-corrected chi connectivity index (χ1v) is 8.12. The molecule has 0 atom stereocenters. The van der Waals surface area contributed by atoms with Crippen LogP contribution in [0.15, 0.2) is 59.6 Å². The molecule has 0 bridgehead atoms. The van der Waals surface area contributed by atoms with Gasteiger partial charge >= 0.3 is 0 Å². The predicted octanol–water partition coefficient (Wildman–Crippen LogP) is 5.37. The van der Waals surface area contributed by atoms with E-state index in [1.165, 1.54) is 36.0 Å². The molecule has 0 aliphatic heterocycles. The van der Waals surface area contributed by atoms with Crippen molar-refractivity contribution >= 4 is 34.8 Å². The highest BCUT2D eigenvalue weighted by Crippen LogP contribution is 2.21. The topological polar surface area (TPSA) is 29.1 Å². The third kappa shape index (κ3) is 4.61. The van der Waals surface area contributed by atoms with Crippen LogP contribution in [0.25, 0.3) is 0 Å². The molecule has 0 fully saturated rings. The van der Waals surface area contributed by atoms with Crippen molar-refractivity contribution in [2.75, 3.05) is 11.1 Å². The molecule has 114 valence electrons. The predicted molar refractivity (Wildman–Crippen MR) is 92.0 cm³/mol. The zero-order chi connectivity index (χ0) is 15.9. The lowest BCUT2D eigenvalue weighted by atomic mass is 10.1. The normalized spacial score (nSPS) is 11.3. The zero-order valence-electron chi connectivity index (χ0n) is 12.0. The Balaban J connectivity index is 2.21. The second-order valence-corrected chi connectivity index (χ2v) is 6.14. The number of halogens is 2. The van der Waals surface area contributed by atoms with Gasteiger partial charge < -0.3 is 5.32 Å². The van der Waals surface area contributed by atoms with Crippen molar-refractivity contribution in [3.63, 3.8) is 0 Å². The Morgan fingerprint density at radius 3 is 2.64 bits per heavy atom. The molecule has 1 N–H and O–H groups in total. The summed E-state index contributed by atoms with van der Waals surface area (Å²) in [7, 11) is 0. The number of hydrogen-bond donors (Lipinski definition) is 1. The van der Waals surface area contributed by atoms with E-state index in [9.17, 15) is 9.18 Å². The van der Waals surface area contributed by atoms with Crippen LogP contribution < -0.4 is 5.32 Å². The van der Waals surface area contributed by atoms with Crippen LogP contribution in [0, 0.1) is 5.82 Å². The van der Waals surface area contributed by atoms with Crippen molar-refractivity contribution < 1.29 is 9.18 Å². The Hall–Kier alpha value is -1.78. The van der Waals surface area contributed by atoms with Crippen molar-refractivity contribution in [3.05, 3.63) is 76.0 Å². The van der Waals surface area contributed by atoms with E-state index in [-0.39, 0.29) is 10.8 Å². The average molecular weight is 336 g/mol. The fraction of sp³-hybridized carbons (Fsp3) is 0.118. The van der Waals surface area contributed by atoms with E-state index >= 15 is 0 Å². The molecule has 2 aromatic carbocycles. The summed E-state index contributed by atoms with van der Waals surface area (Å²) in [5, 5.41) is 3.88. The number of carbonyl (C=O) groups is 1. The maximum absolute atomic E-state index is 13.2. The number of para-hydroxylation sites is 1. The van der Waals surface area contributed by atoms with E-state index in [4.69, 9.17) is 11.6 Å². The molecule has 2 aromatic rings. The van der Waals surface area contributed by atoms with Gasteiger partial charge in [-0.05, 0) is 36.1 Å². The van der Waals surface area contributed by atoms with Crippen LogP contribution in [0.2, 0.25) is 5.02 Å². The maximum Gasteiger partial charge on any atom is 0.188 e. The maximum atomic E-state index is 13.2. The number of allylic oxidation sites excluding steroid dienone is 1. The van der Waals surface area contributed by atoms with Crippen LogP contribution in [0.1, 0.15) is 17.3 Å². The summed E-state index contributed by atoms with van der Waals surface area (Å²) in [5.74, 6) is 0.0670. The highest BCUT2D eigenvalue weighted by atomic mass is 35.5. The van der Waals surface area contributed by atoms with Gasteiger partial charge in [-0.2, -0.15) is 0 Å². The molecule has 0 aliphatic carbocycles. The Morgan fingerprint density at radius 1 is 1.27 bits per heavy atom. The quantitative estimate of drug-likeness (QED) is 0.568. The minimum Gasteiger partial charge on any atom is -0.350 e. The van der Waals surface area contributed by atoms with Gasteiger partial charge in [-0.1, -0.05) is 36.7 Å². The van der Waals surface area contributed by atoms with Gasteiger partial charge in [0.05, 0.1) is 10.1 Å². The minimum atomic E-state index is -0.534. The van der Waals surface area contributed by atoms with E-state index < -0.39 is 5.82 Å². The van der Waals surface area contributed by atoms with Gasteiger partial charge in [-0.3, -0.25) is 4.79 Å². The largest absolute Gasteiger partial charge is 0.350 e. The summed E-state index contributed by atoms with van der Waals surface area (Å²) in [6, 6.07) is 13.6. The number of thioether (sulfide) groups is 1. The van der Waals surface area contributed by atoms with Crippen LogP contribution in [-0.2, 0) is 0 Å². The van der Waals surface area contributed by atoms with Crippen LogP contribution >= 0.6 is 23.4 Å². The summed E-state index contributed by atoms with van der Waals surface area (Å²) in [6.45, 7) is 2.00. The second kappa shape index (κ2) is 8.01. The molecule has 0 amide bonds. The Labute approximate surface area is 138 Å². The smallest absolute Gasteiger partial charge is 0.188 e. The third-order valence-electron chi connectivity index (χ3n) is 2.81. The van der Waals surface area contributed by atoms with Gasteiger partial charge in [0.2, 0.25) is 0 Å². The lowest BCUT2D eigenvalue weighted by molar-refractivity contribution is 0.104. The first-order chi connectivity index (χ1) is 10.6. The van der Waals surface area contributed by atoms with Crippen LogP contribution in [0.5, 0.6) is 0 Å². The fourth-order valence-corrected chi connectivity index (χ4v) is 2.66. The van der Waals surface area contributed by atoms with Crippen molar-refractivity contribution in [2.24, 2.45) is 0 Å². The number of ketones is 1. The van der Waals surface area contributed by atoms with Gasteiger partial charge in [-0.15, -0.1) is 11.8 Å². The molecular formula is C17H15ClFNOS. The molecule has 0 spiro atoms. The highest BCUT2D eigenvalue weighted by molar-refractivity contribution is 8.03. The highest BCUT2D eigenvalue weighted by Gasteiger charge is 2.09. The molecule has 0 aliphatic rings. The first kappa shape index (κ1) is 16.6. The van der Waals surface area contributed by atoms with Crippen LogP contribution in [0.3, 0.4) is 0 Å². The molecule has 0 saturated carbocycles. The number of benzene rings is 2. The fourth-order valence-electron chi connectivity index (χ4n) is 1.78. The SMILES string of the molecule is CCS/C(=C\C(=O)c1ccc(F)c(Cl)c1)Nc1ccccc1. The summed E-state index contributed by atoms with van der Waals surface area (Å²) in [6.07, 6.45) is 1.50. The second-order valence-electron chi connectivity index (χ2n) is 4.43. The van der Waals surface area contributed by atoms with E-state index in [1.54, 1.807) is 0 Å². The van der Waals surface area contributed by atoms with Gasteiger partial charge in [0.15, 0.2) is 5.78 Å². The molecule has 0 saturated heterocycles. The van der Waals surface area contributed by atoms with Gasteiger partial charge in [0.1, 0.15) is 5.82 Å². The molecule has 0 aromatic heterocycles. The summed E-state index contributed by atoms with van der Waals surface area (Å²) in [4.78, 5) is 12.3. The zero-order valence-corrected chi connectivity index (χ0v) is 13.5. The Kier molecular flexibility index (Phi) is 6.04. The van der Waals surface area contributed by atoms with Crippen LogP contribution in [0.4, 0.5) is 10.1 Å². The molecule has 2 nitrogen and oxygen atoms in total. The lowest BCUT2D eigenvalue weighted by Crippen LogP contribution is -2.02. The number of nitrogens with one attached hydrogen (secondary N) is 1. The molecule has 0 unspecified atom stereocenters. The molecule has 5 heteroatoms. The monoisotopic (exact) mass is 335 g/mol. The molecule has 22 heavy (non-hydrogen) atoms. The van der Waals surface area contributed by atoms with E-state index in [2.05, 4.69) is 5.32 Å². The van der Waals surface area contributed by atoms with Crippen molar-refractivity contribution in [1.29, 1.82) is 0 Å². The molecular weight excluding hydrogens is 321 g/mol. The Morgan fingerprint density at radius 2 is 2.00 bits per heavy atom. The van der Waals surface area contributed by atoms with Crippen molar-refractivity contribution in [2.45, 2.75) is 6.92 Å². The summed E-state index contributed by atoms with van der Waals surface area (Å²) < 4.78 is 13.2. The van der Waals surface area contributed by atoms with Crippen LogP contribution in [-0.4, -0.2) is 11.5 Å². The summed E-state index contributed by atoms with van der Waals surface area (Å²) in [5.41, 5.74) is 1.26. The number of hydrogen-bond acceptors (Lipinski definition) is 3. The average Bonchev–Trinajstić information content (AvgIpc) is 2.51. The van der Waals surface area contributed by atoms with Gasteiger partial charge in [-0.25, -0.2) is 4.39 Å². The Bertz CT molecular complexity index is 688. The number of carbonyl (C=O) groups excluding carboxylic acids is 1. The van der Waals surface area contributed by atoms with Crippen molar-refractivity contribution in [3.8, 4) is 0 Å². The lowest BCUT2D eigenvalue weighted by Gasteiger charge is -2.09. The van der Waals surface area contributed by atoms with Gasteiger partial charge in [0.25, 0.3) is 0 Å². The molecule has 0 heterocycles. The van der Waals surface area contributed by atoms with E-state index in [0.717, 1.165) is 16.5 Å². The first-order valence-electron chi connectivity index (χ1n) is 6.76. The third-order valence-corrected chi connectivity index (χ3v) is 3.92. The van der Waals surface area contributed by atoms with Gasteiger partial charge in [0, 0.05) is 17.3 Å². The minimum absolute atomic E-state index is 0.0556. The van der Waals surface area contributed by atoms with E-state index in [0.29, 0.717) is 5.56 Å².